The van der Waals surface area contributed by atoms with E-state index in [-0.39, 0.29) is 17.2 Å². The molecule has 0 heterocycles. The van der Waals surface area contributed by atoms with Gasteiger partial charge in [-0.1, -0.05) is 48.0 Å². The molecule has 3 atom stereocenters. The van der Waals surface area contributed by atoms with Crippen molar-refractivity contribution in [3.63, 3.8) is 0 Å². The van der Waals surface area contributed by atoms with Gasteiger partial charge in [0.1, 0.15) is 0 Å². The summed E-state index contributed by atoms with van der Waals surface area (Å²) in [7, 11) is -3.20. The van der Waals surface area contributed by atoms with E-state index in [2.05, 4.69) is 29.0 Å². The molecule has 0 saturated heterocycles. The van der Waals surface area contributed by atoms with Crippen molar-refractivity contribution in [1.29, 1.82) is 0 Å². The van der Waals surface area contributed by atoms with Gasteiger partial charge in [-0.15, -0.1) is 0 Å². The molecule has 2 aromatic carbocycles. The Morgan fingerprint density at radius 1 is 1.16 bits per heavy atom. The zero-order chi connectivity index (χ0) is 22.0. The Labute approximate surface area is 191 Å². The molecule has 0 aliphatic heterocycles. The van der Waals surface area contributed by atoms with E-state index in [0.29, 0.717) is 12.5 Å². The number of hydrogen-bond donors (Lipinski definition) is 2. The Balaban J connectivity index is 1.40. The second kappa shape index (κ2) is 9.62. The summed E-state index contributed by atoms with van der Waals surface area (Å²) in [4.78, 5) is 0. The van der Waals surface area contributed by atoms with E-state index in [1.54, 1.807) is 0 Å². The number of halogens is 1. The number of sulfonamides is 1. The zero-order valence-electron chi connectivity index (χ0n) is 18.2. The molecule has 4 rings (SSSR count). The summed E-state index contributed by atoms with van der Waals surface area (Å²) in [6.07, 6.45) is 6.55. The van der Waals surface area contributed by atoms with Gasteiger partial charge >= 0.3 is 0 Å². The monoisotopic (exact) mass is 460 g/mol. The summed E-state index contributed by atoms with van der Waals surface area (Å²) >= 11 is 6.42. The van der Waals surface area contributed by atoms with Gasteiger partial charge in [0.25, 0.3) is 0 Å². The Morgan fingerprint density at radius 3 is 2.68 bits per heavy atom. The molecule has 0 spiro atoms. The van der Waals surface area contributed by atoms with Crippen LogP contribution in [0, 0.1) is 5.92 Å². The predicted octanol–water partition coefficient (Wildman–Crippen LogP) is 4.59. The molecule has 31 heavy (non-hydrogen) atoms. The van der Waals surface area contributed by atoms with E-state index in [1.165, 1.54) is 16.7 Å². The molecule has 1 saturated carbocycles. The average molecular weight is 461 g/mol. The first-order valence-corrected chi connectivity index (χ1v) is 13.4. The fraction of sp³-hybridized carbons (Fsp3) is 0.520. The Hall–Kier alpha value is -1.40. The highest BCUT2D eigenvalue weighted by atomic mass is 35.5. The standard InChI is InChI=1S/C25H33ClN2O2S/c1-17(19-10-11-19)31(29,30)28-14-4-5-18-8-9-20-12-13-25(27)23(22(20)15-18)16-21-6-2-3-7-24(21)26/h2-3,6-9,15,17,19,23,25,28H,4-5,10-14,16,27H2,1H3. The van der Waals surface area contributed by atoms with Crippen LogP contribution in [0.15, 0.2) is 42.5 Å². The Bertz CT molecular complexity index is 1020. The van der Waals surface area contributed by atoms with Crippen molar-refractivity contribution in [2.24, 2.45) is 11.7 Å². The minimum absolute atomic E-state index is 0.120. The van der Waals surface area contributed by atoms with Crippen LogP contribution in [0.2, 0.25) is 5.02 Å². The molecule has 0 amide bonds. The lowest BCUT2D eigenvalue weighted by Gasteiger charge is -2.32. The Morgan fingerprint density at radius 2 is 1.94 bits per heavy atom. The van der Waals surface area contributed by atoms with E-state index in [4.69, 9.17) is 17.3 Å². The van der Waals surface area contributed by atoms with Crippen LogP contribution < -0.4 is 10.5 Å². The van der Waals surface area contributed by atoms with Gasteiger partial charge in [-0.3, -0.25) is 0 Å². The third kappa shape index (κ3) is 5.51. The molecule has 4 nitrogen and oxygen atoms in total. The third-order valence-corrected chi connectivity index (χ3v) is 9.33. The van der Waals surface area contributed by atoms with Gasteiger partial charge in [0, 0.05) is 23.5 Å². The van der Waals surface area contributed by atoms with Crippen molar-refractivity contribution < 1.29 is 8.42 Å². The number of nitrogens with two attached hydrogens (primary N) is 1. The Kier molecular flexibility index (Phi) is 7.07. The minimum atomic E-state index is -3.20. The highest BCUT2D eigenvalue weighted by Gasteiger charge is 2.36. The van der Waals surface area contributed by atoms with Crippen LogP contribution in [-0.4, -0.2) is 26.3 Å². The molecule has 0 aromatic heterocycles. The summed E-state index contributed by atoms with van der Waals surface area (Å²) in [5, 5.41) is 0.522. The maximum absolute atomic E-state index is 12.4. The first-order chi connectivity index (χ1) is 14.8. The molecule has 0 bridgehead atoms. The van der Waals surface area contributed by atoms with Crippen molar-refractivity contribution in [1.82, 2.24) is 4.72 Å². The topological polar surface area (TPSA) is 72.2 Å². The van der Waals surface area contributed by atoms with Gasteiger partial charge in [0.2, 0.25) is 10.0 Å². The predicted molar refractivity (Wildman–Crippen MR) is 128 cm³/mol. The van der Waals surface area contributed by atoms with Crippen molar-refractivity contribution >= 4 is 21.6 Å². The highest BCUT2D eigenvalue weighted by molar-refractivity contribution is 7.90. The van der Waals surface area contributed by atoms with Crippen LogP contribution in [0.25, 0.3) is 0 Å². The number of aryl methyl sites for hydroxylation is 2. The number of fused-ring (bicyclic) bond motifs is 1. The third-order valence-electron chi connectivity index (χ3n) is 6.99. The summed E-state index contributed by atoms with van der Waals surface area (Å²) in [5.74, 6) is 0.596. The van der Waals surface area contributed by atoms with Crippen LogP contribution in [0.5, 0.6) is 0 Å². The fourth-order valence-electron chi connectivity index (χ4n) is 4.75. The number of rotatable bonds is 9. The first-order valence-electron chi connectivity index (χ1n) is 11.4. The average Bonchev–Trinajstić information content (AvgIpc) is 3.59. The molecule has 2 aliphatic rings. The molecule has 6 heteroatoms. The largest absolute Gasteiger partial charge is 0.327 e. The summed E-state index contributed by atoms with van der Waals surface area (Å²) in [6.45, 7) is 2.31. The molecule has 168 valence electrons. The van der Waals surface area contributed by atoms with Gasteiger partial charge in [0.15, 0.2) is 0 Å². The second-order valence-corrected chi connectivity index (χ2v) is 11.8. The van der Waals surface area contributed by atoms with Crippen LogP contribution >= 0.6 is 11.6 Å². The van der Waals surface area contributed by atoms with Crippen molar-refractivity contribution in [2.45, 2.75) is 69.1 Å². The molecular weight excluding hydrogens is 428 g/mol. The van der Waals surface area contributed by atoms with Crippen LogP contribution in [0.1, 0.15) is 60.8 Å². The van der Waals surface area contributed by atoms with Crippen LogP contribution in [-0.2, 0) is 29.3 Å². The molecule has 1 fully saturated rings. The van der Waals surface area contributed by atoms with Gasteiger partial charge in [-0.2, -0.15) is 0 Å². The van der Waals surface area contributed by atoms with Gasteiger partial charge in [-0.05, 0) is 86.1 Å². The van der Waals surface area contributed by atoms with E-state index >= 15 is 0 Å². The maximum atomic E-state index is 12.4. The summed E-state index contributed by atoms with van der Waals surface area (Å²) in [5.41, 5.74) is 11.6. The number of hydrogen-bond acceptors (Lipinski definition) is 3. The first kappa shape index (κ1) is 22.8. The number of nitrogens with one attached hydrogen (secondary N) is 1. The summed E-state index contributed by atoms with van der Waals surface area (Å²) < 4.78 is 27.5. The molecule has 3 N–H and O–H groups in total. The smallest absolute Gasteiger partial charge is 0.214 e. The lowest BCUT2D eigenvalue weighted by atomic mass is 9.76. The highest BCUT2D eigenvalue weighted by Crippen LogP contribution is 2.36. The second-order valence-electron chi connectivity index (χ2n) is 9.22. The minimum Gasteiger partial charge on any atom is -0.327 e. The van der Waals surface area contributed by atoms with Gasteiger partial charge in [-0.25, -0.2) is 13.1 Å². The van der Waals surface area contributed by atoms with E-state index in [0.717, 1.165) is 55.5 Å². The maximum Gasteiger partial charge on any atom is 0.214 e. The van der Waals surface area contributed by atoms with Crippen molar-refractivity contribution in [2.75, 3.05) is 6.54 Å². The lowest BCUT2D eigenvalue weighted by Crippen LogP contribution is -2.35. The summed E-state index contributed by atoms with van der Waals surface area (Å²) in [6, 6.07) is 14.8. The van der Waals surface area contributed by atoms with Crippen LogP contribution in [0.4, 0.5) is 0 Å². The van der Waals surface area contributed by atoms with Crippen LogP contribution in [0.3, 0.4) is 0 Å². The van der Waals surface area contributed by atoms with Crippen molar-refractivity contribution in [3.8, 4) is 0 Å². The molecule has 0 radical (unpaired) electrons. The molecule has 3 unspecified atom stereocenters. The van der Waals surface area contributed by atoms with Gasteiger partial charge in [0.05, 0.1) is 5.25 Å². The molecule has 2 aliphatic carbocycles. The SMILES string of the molecule is CC(C1CC1)S(=O)(=O)NCCCc1ccc2c(c1)C(Cc1ccccc1Cl)C(N)CC2. The molecule has 2 aromatic rings. The lowest BCUT2D eigenvalue weighted by molar-refractivity contribution is 0.467. The zero-order valence-corrected chi connectivity index (χ0v) is 19.8. The fourth-order valence-corrected chi connectivity index (χ4v) is 6.43. The van der Waals surface area contributed by atoms with Gasteiger partial charge < -0.3 is 5.73 Å². The normalized spacial score (nSPS) is 22.2. The number of benzene rings is 2. The van der Waals surface area contributed by atoms with Crippen molar-refractivity contribution in [3.05, 3.63) is 69.7 Å². The molecular formula is C25H33ClN2O2S. The van der Waals surface area contributed by atoms with E-state index in [9.17, 15) is 8.42 Å². The van der Waals surface area contributed by atoms with E-state index in [1.807, 2.05) is 25.1 Å². The quantitative estimate of drug-likeness (QED) is 0.537. The van der Waals surface area contributed by atoms with E-state index < -0.39 is 10.0 Å².